The Labute approximate surface area is 124 Å². The average molecular weight is 289 g/mol. The molecule has 0 bridgehead atoms. The van der Waals surface area contributed by atoms with Crippen LogP contribution in [0.1, 0.15) is 24.7 Å². The molecule has 2 rings (SSSR count). The highest BCUT2D eigenvalue weighted by molar-refractivity contribution is 7.80. The van der Waals surface area contributed by atoms with Crippen molar-refractivity contribution in [2.45, 2.75) is 26.4 Å². The second-order valence-electron chi connectivity index (χ2n) is 4.67. The highest BCUT2D eigenvalue weighted by atomic mass is 32.1. The fraction of sp³-hybridized carbons (Fsp3) is 0.357. The van der Waals surface area contributed by atoms with E-state index in [1.54, 1.807) is 6.33 Å². The molecule has 0 saturated heterocycles. The molecule has 0 aliphatic heterocycles. The maximum Gasteiger partial charge on any atom is 0.146 e. The molecule has 6 heteroatoms. The van der Waals surface area contributed by atoms with E-state index >= 15 is 0 Å². The van der Waals surface area contributed by atoms with Crippen LogP contribution < -0.4 is 10.6 Å². The van der Waals surface area contributed by atoms with E-state index in [-0.39, 0.29) is 0 Å². The van der Waals surface area contributed by atoms with Gasteiger partial charge in [0.15, 0.2) is 0 Å². The number of benzene rings is 1. The van der Waals surface area contributed by atoms with Crippen molar-refractivity contribution < 1.29 is 0 Å². The first-order chi connectivity index (χ1) is 9.61. The van der Waals surface area contributed by atoms with Gasteiger partial charge in [-0.2, -0.15) is 5.10 Å². The predicted molar refractivity (Wildman–Crippen MR) is 84.7 cm³/mol. The lowest BCUT2D eigenvalue weighted by atomic mass is 10.2. The third kappa shape index (κ3) is 3.33. The van der Waals surface area contributed by atoms with Crippen molar-refractivity contribution in [3.05, 3.63) is 42.0 Å². The third-order valence-corrected chi connectivity index (χ3v) is 3.32. The number of aromatic nitrogens is 3. The Morgan fingerprint density at radius 1 is 1.45 bits per heavy atom. The summed E-state index contributed by atoms with van der Waals surface area (Å²) < 4.78 is 1.94. The summed E-state index contributed by atoms with van der Waals surface area (Å²) in [5.41, 5.74) is 7.60. The maximum atomic E-state index is 5.67. The average Bonchev–Trinajstić information content (AvgIpc) is 2.86. The Morgan fingerprint density at radius 2 is 2.25 bits per heavy atom. The summed E-state index contributed by atoms with van der Waals surface area (Å²) in [7, 11) is 2.02. The van der Waals surface area contributed by atoms with Crippen LogP contribution in [0.5, 0.6) is 0 Å². The molecule has 1 aromatic heterocycles. The van der Waals surface area contributed by atoms with Crippen molar-refractivity contribution in [2.75, 3.05) is 11.9 Å². The first-order valence-corrected chi connectivity index (χ1v) is 7.00. The highest BCUT2D eigenvalue weighted by Crippen LogP contribution is 2.16. The minimum Gasteiger partial charge on any atom is -0.389 e. The van der Waals surface area contributed by atoms with Crippen LogP contribution in [0.4, 0.5) is 5.69 Å². The molecule has 0 radical (unpaired) electrons. The van der Waals surface area contributed by atoms with Gasteiger partial charge in [-0.25, -0.2) is 9.67 Å². The maximum absolute atomic E-state index is 5.67. The van der Waals surface area contributed by atoms with E-state index in [1.165, 1.54) is 0 Å². The third-order valence-electron chi connectivity index (χ3n) is 3.08. The zero-order valence-electron chi connectivity index (χ0n) is 11.8. The molecule has 0 atom stereocenters. The molecule has 20 heavy (non-hydrogen) atoms. The lowest BCUT2D eigenvalue weighted by molar-refractivity contribution is 0.566. The first kappa shape index (κ1) is 14.5. The Hall–Kier alpha value is -1.95. The summed E-state index contributed by atoms with van der Waals surface area (Å²) in [6.07, 6.45) is 2.64. The fourth-order valence-corrected chi connectivity index (χ4v) is 2.14. The van der Waals surface area contributed by atoms with E-state index in [0.29, 0.717) is 11.5 Å². The van der Waals surface area contributed by atoms with E-state index in [1.807, 2.05) is 36.0 Å². The number of hydrogen-bond acceptors (Lipinski definition) is 4. The smallest absolute Gasteiger partial charge is 0.146 e. The molecule has 2 aromatic rings. The lowest BCUT2D eigenvalue weighted by Gasteiger charge is -2.19. The van der Waals surface area contributed by atoms with Crippen LogP contribution in [0.3, 0.4) is 0 Å². The van der Waals surface area contributed by atoms with Crippen LogP contribution in [-0.2, 0) is 13.1 Å². The quantitative estimate of drug-likeness (QED) is 0.824. The SMILES string of the molecule is CCCn1ncnc1CN(C)c1cccc(C(N)=S)c1. The predicted octanol–water partition coefficient (Wildman–Crippen LogP) is 1.96. The zero-order valence-corrected chi connectivity index (χ0v) is 12.6. The molecule has 0 amide bonds. The minimum atomic E-state index is 0.411. The van der Waals surface area contributed by atoms with Crippen molar-refractivity contribution in [2.24, 2.45) is 5.73 Å². The van der Waals surface area contributed by atoms with Crippen LogP contribution >= 0.6 is 12.2 Å². The number of anilines is 1. The number of thiocarbonyl (C=S) groups is 1. The number of aryl methyl sites for hydroxylation is 1. The molecule has 0 aliphatic rings. The van der Waals surface area contributed by atoms with Crippen LogP contribution in [-0.4, -0.2) is 26.8 Å². The van der Waals surface area contributed by atoms with Crippen molar-refractivity contribution in [1.29, 1.82) is 0 Å². The van der Waals surface area contributed by atoms with E-state index in [0.717, 1.165) is 30.0 Å². The molecule has 0 aliphatic carbocycles. The second kappa shape index (κ2) is 6.47. The zero-order chi connectivity index (χ0) is 14.5. The van der Waals surface area contributed by atoms with Crippen LogP contribution in [0.15, 0.2) is 30.6 Å². The summed E-state index contributed by atoms with van der Waals surface area (Å²) in [6, 6.07) is 7.89. The van der Waals surface area contributed by atoms with Gasteiger partial charge in [0.25, 0.3) is 0 Å². The summed E-state index contributed by atoms with van der Waals surface area (Å²) in [6.45, 7) is 3.71. The second-order valence-corrected chi connectivity index (χ2v) is 5.11. The van der Waals surface area contributed by atoms with E-state index < -0.39 is 0 Å². The van der Waals surface area contributed by atoms with Crippen molar-refractivity contribution >= 4 is 22.9 Å². The molecule has 0 saturated carbocycles. The standard InChI is InChI=1S/C14H19N5S/c1-3-7-19-13(16-10-17-19)9-18(2)12-6-4-5-11(8-12)14(15)20/h4-6,8,10H,3,7,9H2,1-2H3,(H2,15,20). The van der Waals surface area contributed by atoms with Gasteiger partial charge in [-0.3, -0.25) is 0 Å². The van der Waals surface area contributed by atoms with Gasteiger partial charge in [0.2, 0.25) is 0 Å². The molecule has 0 spiro atoms. The molecule has 1 heterocycles. The normalized spacial score (nSPS) is 10.5. The number of nitrogens with zero attached hydrogens (tertiary/aromatic N) is 4. The topological polar surface area (TPSA) is 60.0 Å². The molecular formula is C14H19N5S. The Morgan fingerprint density at radius 3 is 2.95 bits per heavy atom. The number of nitrogens with two attached hydrogens (primary N) is 1. The van der Waals surface area contributed by atoms with Gasteiger partial charge in [-0.05, 0) is 18.6 Å². The van der Waals surface area contributed by atoms with Gasteiger partial charge < -0.3 is 10.6 Å². The molecule has 5 nitrogen and oxygen atoms in total. The van der Waals surface area contributed by atoms with Gasteiger partial charge in [-0.1, -0.05) is 31.3 Å². The van der Waals surface area contributed by atoms with Crippen LogP contribution in [0.2, 0.25) is 0 Å². The van der Waals surface area contributed by atoms with Crippen molar-refractivity contribution in [3.63, 3.8) is 0 Å². The largest absolute Gasteiger partial charge is 0.389 e. The molecule has 2 N–H and O–H groups in total. The summed E-state index contributed by atoms with van der Waals surface area (Å²) in [4.78, 5) is 6.84. The van der Waals surface area contributed by atoms with Gasteiger partial charge in [0, 0.05) is 24.8 Å². The monoisotopic (exact) mass is 289 g/mol. The first-order valence-electron chi connectivity index (χ1n) is 6.59. The van der Waals surface area contributed by atoms with E-state index in [9.17, 15) is 0 Å². The summed E-state index contributed by atoms with van der Waals surface area (Å²) in [5, 5.41) is 4.24. The lowest BCUT2D eigenvalue weighted by Crippen LogP contribution is -2.21. The van der Waals surface area contributed by atoms with Gasteiger partial charge in [0.05, 0.1) is 6.54 Å². The molecule has 1 aromatic carbocycles. The van der Waals surface area contributed by atoms with Gasteiger partial charge >= 0.3 is 0 Å². The van der Waals surface area contributed by atoms with Crippen LogP contribution in [0, 0.1) is 0 Å². The number of rotatable bonds is 6. The summed E-state index contributed by atoms with van der Waals surface area (Å²) in [5.74, 6) is 0.954. The Balaban J connectivity index is 2.15. The van der Waals surface area contributed by atoms with Crippen molar-refractivity contribution in [1.82, 2.24) is 14.8 Å². The highest BCUT2D eigenvalue weighted by Gasteiger charge is 2.09. The Kier molecular flexibility index (Phi) is 4.68. The van der Waals surface area contributed by atoms with E-state index in [2.05, 4.69) is 21.9 Å². The number of hydrogen-bond donors (Lipinski definition) is 1. The summed E-state index contributed by atoms with van der Waals surface area (Å²) >= 11 is 5.01. The Bertz CT molecular complexity index is 593. The molecular weight excluding hydrogens is 270 g/mol. The molecule has 0 unspecified atom stereocenters. The van der Waals surface area contributed by atoms with Crippen LogP contribution in [0.25, 0.3) is 0 Å². The van der Waals surface area contributed by atoms with Gasteiger partial charge in [-0.15, -0.1) is 0 Å². The minimum absolute atomic E-state index is 0.411. The molecule has 0 fully saturated rings. The fourth-order valence-electron chi connectivity index (χ4n) is 2.01. The van der Waals surface area contributed by atoms with E-state index in [4.69, 9.17) is 18.0 Å². The molecule has 106 valence electrons. The van der Waals surface area contributed by atoms with Gasteiger partial charge in [0.1, 0.15) is 17.1 Å². The van der Waals surface area contributed by atoms with Crippen molar-refractivity contribution in [3.8, 4) is 0 Å².